The Bertz CT molecular complexity index is 842. The molecule has 0 spiro atoms. The van der Waals surface area contributed by atoms with Crippen LogP contribution in [0.2, 0.25) is 0 Å². The van der Waals surface area contributed by atoms with Crippen molar-refractivity contribution in [1.29, 1.82) is 0 Å². The molecule has 0 radical (unpaired) electrons. The molecule has 4 rings (SSSR count). The van der Waals surface area contributed by atoms with E-state index in [1.54, 1.807) is 19.2 Å². The normalized spacial score (nSPS) is 19.3. The van der Waals surface area contributed by atoms with E-state index < -0.39 is 0 Å². The molecule has 0 saturated heterocycles. The third kappa shape index (κ3) is 3.98. The van der Waals surface area contributed by atoms with Gasteiger partial charge >= 0.3 is 0 Å². The van der Waals surface area contributed by atoms with Crippen LogP contribution < -0.4 is 14.8 Å². The zero-order chi connectivity index (χ0) is 19.5. The molecule has 2 aromatic rings. The molecule has 1 amide bonds. The number of carbonyl (C=O) groups excluding carboxylic acids is 1. The number of methoxy groups -OCH3 is 1. The molecule has 150 valence electrons. The van der Waals surface area contributed by atoms with Gasteiger partial charge in [-0.1, -0.05) is 6.92 Å². The Labute approximate surface area is 165 Å². The fourth-order valence-corrected chi connectivity index (χ4v) is 3.99. The molecule has 0 bridgehead atoms. The SMILES string of the molecule is CCc1nc2n(n1)CC(NC(=O)c1ccc(OC)c(OC3CCCC3)c1)CC2. The third-order valence-electron chi connectivity index (χ3n) is 5.58. The maximum atomic E-state index is 12.8. The van der Waals surface area contributed by atoms with Crippen molar-refractivity contribution < 1.29 is 14.3 Å². The zero-order valence-electron chi connectivity index (χ0n) is 16.6. The second-order valence-corrected chi connectivity index (χ2v) is 7.58. The van der Waals surface area contributed by atoms with Gasteiger partial charge in [-0.15, -0.1) is 0 Å². The van der Waals surface area contributed by atoms with Gasteiger partial charge < -0.3 is 14.8 Å². The van der Waals surface area contributed by atoms with Crippen LogP contribution in [0.15, 0.2) is 18.2 Å². The molecule has 1 saturated carbocycles. The number of benzene rings is 1. The second kappa shape index (κ2) is 8.20. The zero-order valence-corrected chi connectivity index (χ0v) is 16.6. The number of fused-ring (bicyclic) bond motifs is 1. The van der Waals surface area contributed by atoms with Crippen molar-refractivity contribution >= 4 is 5.91 Å². The molecule has 1 aliphatic heterocycles. The van der Waals surface area contributed by atoms with Crippen LogP contribution in [-0.2, 0) is 19.4 Å². The molecular weight excluding hydrogens is 356 g/mol. The van der Waals surface area contributed by atoms with Crippen molar-refractivity contribution in [2.24, 2.45) is 0 Å². The molecule has 7 heteroatoms. The number of nitrogens with zero attached hydrogens (tertiary/aromatic N) is 3. The van der Waals surface area contributed by atoms with Crippen molar-refractivity contribution in [1.82, 2.24) is 20.1 Å². The van der Waals surface area contributed by atoms with Crippen LogP contribution in [0, 0.1) is 0 Å². The van der Waals surface area contributed by atoms with Gasteiger partial charge in [-0.3, -0.25) is 4.79 Å². The summed E-state index contributed by atoms with van der Waals surface area (Å²) in [6.45, 7) is 2.71. The first-order valence-corrected chi connectivity index (χ1v) is 10.2. The van der Waals surface area contributed by atoms with Crippen LogP contribution in [-0.4, -0.2) is 39.9 Å². The quantitative estimate of drug-likeness (QED) is 0.828. The summed E-state index contributed by atoms with van der Waals surface area (Å²) in [5, 5.41) is 7.65. The minimum absolute atomic E-state index is 0.0488. The molecule has 2 heterocycles. The smallest absolute Gasteiger partial charge is 0.251 e. The van der Waals surface area contributed by atoms with Crippen molar-refractivity contribution in [3.63, 3.8) is 0 Å². The van der Waals surface area contributed by atoms with E-state index in [2.05, 4.69) is 22.3 Å². The highest BCUT2D eigenvalue weighted by Gasteiger charge is 2.24. The Morgan fingerprint density at radius 2 is 2.07 bits per heavy atom. The highest BCUT2D eigenvalue weighted by molar-refractivity contribution is 5.95. The molecule has 1 aliphatic carbocycles. The van der Waals surface area contributed by atoms with Crippen molar-refractivity contribution in [2.75, 3.05) is 7.11 Å². The summed E-state index contributed by atoms with van der Waals surface area (Å²) >= 11 is 0. The van der Waals surface area contributed by atoms with E-state index in [-0.39, 0.29) is 18.1 Å². The molecule has 1 aromatic heterocycles. The van der Waals surface area contributed by atoms with Crippen LogP contribution in [0.4, 0.5) is 0 Å². The first kappa shape index (κ1) is 18.8. The van der Waals surface area contributed by atoms with Gasteiger partial charge in [0.25, 0.3) is 5.91 Å². The Morgan fingerprint density at radius 3 is 2.82 bits per heavy atom. The van der Waals surface area contributed by atoms with E-state index in [1.165, 1.54) is 12.8 Å². The van der Waals surface area contributed by atoms with E-state index in [1.807, 2.05) is 10.7 Å². The minimum atomic E-state index is -0.0943. The fourth-order valence-electron chi connectivity index (χ4n) is 3.99. The van der Waals surface area contributed by atoms with Crippen LogP contribution in [0.25, 0.3) is 0 Å². The van der Waals surface area contributed by atoms with Gasteiger partial charge in [0.15, 0.2) is 17.3 Å². The summed E-state index contributed by atoms with van der Waals surface area (Å²) in [7, 11) is 1.62. The van der Waals surface area contributed by atoms with E-state index in [9.17, 15) is 4.79 Å². The number of aryl methyl sites for hydroxylation is 2. The first-order valence-electron chi connectivity index (χ1n) is 10.2. The molecule has 1 atom stereocenters. The molecule has 7 nitrogen and oxygen atoms in total. The second-order valence-electron chi connectivity index (χ2n) is 7.58. The average molecular weight is 384 g/mol. The first-order chi connectivity index (χ1) is 13.7. The lowest BCUT2D eigenvalue weighted by atomic mass is 10.1. The Hall–Kier alpha value is -2.57. The van der Waals surface area contributed by atoms with Crippen molar-refractivity contribution in [3.05, 3.63) is 35.4 Å². The molecule has 28 heavy (non-hydrogen) atoms. The predicted octanol–water partition coefficient (Wildman–Crippen LogP) is 2.92. The largest absolute Gasteiger partial charge is 0.493 e. The predicted molar refractivity (Wildman–Crippen MR) is 105 cm³/mol. The van der Waals surface area contributed by atoms with Gasteiger partial charge in [0.2, 0.25) is 0 Å². The Kier molecular flexibility index (Phi) is 5.50. The van der Waals surface area contributed by atoms with Crippen LogP contribution in [0.3, 0.4) is 0 Å². The summed E-state index contributed by atoms with van der Waals surface area (Å²) in [6.07, 6.45) is 7.24. The fraction of sp³-hybridized carbons (Fsp3) is 0.571. The van der Waals surface area contributed by atoms with E-state index in [0.29, 0.717) is 23.6 Å². The summed E-state index contributed by atoms with van der Waals surface area (Å²) in [6, 6.07) is 5.44. The standard InChI is InChI=1S/C21H28N4O3/c1-3-19-23-20-11-9-15(13-25(20)24-19)22-21(26)14-8-10-17(27-2)18(12-14)28-16-6-4-5-7-16/h8,10,12,15-16H,3-7,9,11,13H2,1-2H3,(H,22,26). The summed E-state index contributed by atoms with van der Waals surface area (Å²) < 4.78 is 13.5. The lowest BCUT2D eigenvalue weighted by Crippen LogP contribution is -2.41. The topological polar surface area (TPSA) is 78.3 Å². The number of hydrogen-bond donors (Lipinski definition) is 1. The summed E-state index contributed by atoms with van der Waals surface area (Å²) in [4.78, 5) is 17.4. The van der Waals surface area contributed by atoms with E-state index in [0.717, 1.165) is 43.8 Å². The molecular formula is C21H28N4O3. The molecule has 1 aromatic carbocycles. The van der Waals surface area contributed by atoms with Gasteiger partial charge in [0.1, 0.15) is 5.82 Å². The molecule has 1 unspecified atom stereocenters. The van der Waals surface area contributed by atoms with Gasteiger partial charge in [0.05, 0.1) is 19.8 Å². The number of nitrogens with one attached hydrogen (secondary N) is 1. The summed E-state index contributed by atoms with van der Waals surface area (Å²) in [5.74, 6) is 3.10. The number of ether oxygens (including phenoxy) is 2. The van der Waals surface area contributed by atoms with E-state index in [4.69, 9.17) is 9.47 Å². The highest BCUT2D eigenvalue weighted by Crippen LogP contribution is 2.32. The van der Waals surface area contributed by atoms with E-state index >= 15 is 0 Å². The lowest BCUT2D eigenvalue weighted by molar-refractivity contribution is 0.0925. The number of aromatic nitrogens is 3. The van der Waals surface area contributed by atoms with Crippen molar-refractivity contribution in [2.45, 2.75) is 70.6 Å². The van der Waals surface area contributed by atoms with Gasteiger partial charge in [-0.2, -0.15) is 5.10 Å². The monoisotopic (exact) mass is 384 g/mol. The minimum Gasteiger partial charge on any atom is -0.493 e. The number of amides is 1. The van der Waals surface area contributed by atoms with Crippen LogP contribution >= 0.6 is 0 Å². The van der Waals surface area contributed by atoms with Crippen LogP contribution in [0.1, 0.15) is 61.0 Å². The van der Waals surface area contributed by atoms with Gasteiger partial charge in [-0.25, -0.2) is 9.67 Å². The van der Waals surface area contributed by atoms with Gasteiger partial charge in [0, 0.05) is 24.4 Å². The lowest BCUT2D eigenvalue weighted by Gasteiger charge is -2.24. The molecule has 2 aliphatic rings. The highest BCUT2D eigenvalue weighted by atomic mass is 16.5. The molecule has 1 fully saturated rings. The number of carbonyl (C=O) groups is 1. The average Bonchev–Trinajstić information content (AvgIpc) is 3.36. The Balaban J connectivity index is 1.44. The molecule has 1 N–H and O–H groups in total. The number of rotatable bonds is 6. The maximum Gasteiger partial charge on any atom is 0.251 e. The Morgan fingerprint density at radius 1 is 1.25 bits per heavy atom. The number of hydrogen-bond acceptors (Lipinski definition) is 5. The van der Waals surface area contributed by atoms with Gasteiger partial charge in [-0.05, 0) is 50.3 Å². The summed E-state index contributed by atoms with van der Waals surface area (Å²) in [5.41, 5.74) is 0.590. The van der Waals surface area contributed by atoms with Crippen molar-refractivity contribution in [3.8, 4) is 11.5 Å². The maximum absolute atomic E-state index is 12.8. The van der Waals surface area contributed by atoms with Crippen LogP contribution in [0.5, 0.6) is 11.5 Å². The third-order valence-corrected chi connectivity index (χ3v) is 5.58.